The molecular formula is C9H17O3W-. The smallest absolute Gasteiger partial charge is 0.0517 e. The Bertz CT molecular complexity index is 139. The maximum Gasteiger partial charge on any atom is 0.0517 e. The minimum atomic E-state index is -0.626. The van der Waals surface area contributed by atoms with Crippen molar-refractivity contribution in [3.63, 3.8) is 0 Å². The van der Waals surface area contributed by atoms with Gasteiger partial charge in [-0.15, -0.1) is 0 Å². The van der Waals surface area contributed by atoms with Gasteiger partial charge in [0, 0.05) is 41.4 Å². The Morgan fingerprint density at radius 2 is 1.92 bits per heavy atom. The molecule has 1 unspecified atom stereocenters. The maximum absolute atomic E-state index is 10.5. The summed E-state index contributed by atoms with van der Waals surface area (Å²) >= 11 is 0. The Labute approximate surface area is 94.4 Å². The number of methoxy groups -OCH3 is 1. The van der Waals surface area contributed by atoms with E-state index in [2.05, 4.69) is 0 Å². The van der Waals surface area contributed by atoms with Crippen LogP contribution in [0.5, 0.6) is 0 Å². The molecule has 4 heteroatoms. The predicted molar refractivity (Wildman–Crippen MR) is 46.8 cm³/mol. The molecule has 0 aliphatic heterocycles. The van der Waals surface area contributed by atoms with E-state index in [1.165, 1.54) is 0 Å². The normalized spacial score (nSPS) is 14.8. The van der Waals surface area contributed by atoms with Gasteiger partial charge in [0.2, 0.25) is 0 Å². The molecule has 13 heavy (non-hydrogen) atoms. The third-order valence-electron chi connectivity index (χ3n) is 1.44. The fraction of sp³-hybridized carbons (Fsp3) is 0.889. The molecule has 0 saturated carbocycles. The van der Waals surface area contributed by atoms with Gasteiger partial charge in [-0.25, -0.2) is 0 Å². The van der Waals surface area contributed by atoms with Crippen LogP contribution in [0.3, 0.4) is 0 Å². The third kappa shape index (κ3) is 7.36. The summed E-state index contributed by atoms with van der Waals surface area (Å²) in [4.78, 5) is 10.5. The van der Waals surface area contributed by atoms with Crippen molar-refractivity contribution in [1.82, 2.24) is 0 Å². The Morgan fingerprint density at radius 3 is 2.23 bits per heavy atom. The summed E-state index contributed by atoms with van der Waals surface area (Å²) in [7, 11) is 1.56. The Hall–Kier alpha value is 0.278. The second kappa shape index (κ2) is 7.66. The van der Waals surface area contributed by atoms with Crippen LogP contribution in [0.2, 0.25) is 0 Å². The zero-order valence-corrected chi connectivity index (χ0v) is 11.6. The molecule has 0 saturated heterocycles. The molecular weight excluding hydrogens is 340 g/mol. The van der Waals surface area contributed by atoms with Crippen molar-refractivity contribution in [2.24, 2.45) is 5.41 Å². The van der Waals surface area contributed by atoms with Crippen molar-refractivity contribution in [2.45, 2.75) is 26.9 Å². The molecule has 3 nitrogen and oxygen atoms in total. The van der Waals surface area contributed by atoms with E-state index in [0.717, 1.165) is 0 Å². The fourth-order valence-corrected chi connectivity index (χ4v) is 0.770. The number of hydrogen-bond acceptors (Lipinski definition) is 3. The van der Waals surface area contributed by atoms with Gasteiger partial charge >= 0.3 is 0 Å². The van der Waals surface area contributed by atoms with Crippen molar-refractivity contribution in [1.29, 1.82) is 0 Å². The van der Waals surface area contributed by atoms with E-state index in [1.54, 1.807) is 14.0 Å². The topological polar surface area (TPSA) is 35.5 Å². The zero-order valence-electron chi connectivity index (χ0n) is 8.62. The molecule has 0 aromatic rings. The summed E-state index contributed by atoms with van der Waals surface area (Å²) in [6.45, 7) is 6.34. The minimum absolute atomic E-state index is 0. The number of rotatable bonds is 6. The second-order valence-corrected chi connectivity index (χ2v) is 3.46. The molecule has 0 heterocycles. The first kappa shape index (κ1) is 15.7. The van der Waals surface area contributed by atoms with Crippen molar-refractivity contribution >= 4 is 6.29 Å². The molecule has 0 N–H and O–H groups in total. The van der Waals surface area contributed by atoms with Crippen molar-refractivity contribution in [3.05, 3.63) is 0 Å². The van der Waals surface area contributed by atoms with Gasteiger partial charge < -0.3 is 14.3 Å². The molecule has 0 aromatic heterocycles. The van der Waals surface area contributed by atoms with Gasteiger partial charge in [-0.3, -0.25) is 6.29 Å². The summed E-state index contributed by atoms with van der Waals surface area (Å²) in [6, 6.07) is 0. The largest absolute Gasteiger partial charge is 0.541 e. The van der Waals surface area contributed by atoms with E-state index in [9.17, 15) is 4.79 Å². The van der Waals surface area contributed by atoms with Gasteiger partial charge in [-0.05, 0) is 13.8 Å². The number of carbonyl (C=O) groups excluding carboxylic acids is 1. The van der Waals surface area contributed by atoms with Crippen molar-refractivity contribution in [3.8, 4) is 0 Å². The SMILES string of the molecule is COCC(C)([C-]=O)COC(C)C.[W]. The average molecular weight is 357 g/mol. The summed E-state index contributed by atoms with van der Waals surface area (Å²) in [5, 5.41) is 0. The molecule has 0 radical (unpaired) electrons. The quantitative estimate of drug-likeness (QED) is 0.670. The molecule has 0 aliphatic carbocycles. The summed E-state index contributed by atoms with van der Waals surface area (Å²) in [6.07, 6.45) is 2.07. The molecule has 0 amide bonds. The van der Waals surface area contributed by atoms with Crippen LogP contribution in [0.25, 0.3) is 0 Å². The predicted octanol–water partition coefficient (Wildman–Crippen LogP) is 1.17. The first-order valence-electron chi connectivity index (χ1n) is 4.04. The van der Waals surface area contributed by atoms with E-state index in [4.69, 9.17) is 9.47 Å². The molecule has 78 valence electrons. The Balaban J connectivity index is 0. The fourth-order valence-electron chi connectivity index (χ4n) is 0.770. The van der Waals surface area contributed by atoms with E-state index < -0.39 is 5.41 Å². The van der Waals surface area contributed by atoms with Crippen LogP contribution in [-0.4, -0.2) is 32.7 Å². The van der Waals surface area contributed by atoms with Crippen LogP contribution in [0.1, 0.15) is 20.8 Å². The van der Waals surface area contributed by atoms with E-state index in [0.29, 0.717) is 13.2 Å². The monoisotopic (exact) mass is 357 g/mol. The van der Waals surface area contributed by atoms with Gasteiger partial charge in [-0.2, -0.15) is 0 Å². The molecule has 1 atom stereocenters. The van der Waals surface area contributed by atoms with Gasteiger partial charge in [0.05, 0.1) is 6.10 Å². The first-order chi connectivity index (χ1) is 5.54. The molecule has 0 bridgehead atoms. The summed E-state index contributed by atoms with van der Waals surface area (Å²) < 4.78 is 10.2. The van der Waals surface area contributed by atoms with Crippen LogP contribution in [0.4, 0.5) is 0 Å². The van der Waals surface area contributed by atoms with E-state index >= 15 is 0 Å². The van der Waals surface area contributed by atoms with Crippen LogP contribution >= 0.6 is 0 Å². The first-order valence-corrected chi connectivity index (χ1v) is 4.04. The van der Waals surface area contributed by atoms with Crippen LogP contribution in [0.15, 0.2) is 0 Å². The van der Waals surface area contributed by atoms with E-state index in [1.807, 2.05) is 20.1 Å². The van der Waals surface area contributed by atoms with Gasteiger partial charge in [0.25, 0.3) is 0 Å². The number of hydrogen-bond donors (Lipinski definition) is 0. The average Bonchev–Trinajstić information content (AvgIpc) is 2.02. The minimum Gasteiger partial charge on any atom is -0.541 e. The second-order valence-electron chi connectivity index (χ2n) is 3.46. The van der Waals surface area contributed by atoms with Crippen LogP contribution in [0, 0.1) is 5.41 Å². The van der Waals surface area contributed by atoms with Gasteiger partial charge in [0.1, 0.15) is 0 Å². The zero-order chi connectivity index (χ0) is 9.61. The van der Waals surface area contributed by atoms with Gasteiger partial charge in [0.15, 0.2) is 0 Å². The summed E-state index contributed by atoms with van der Waals surface area (Å²) in [5.41, 5.74) is -0.626. The third-order valence-corrected chi connectivity index (χ3v) is 1.44. The van der Waals surface area contributed by atoms with Crippen molar-refractivity contribution in [2.75, 3.05) is 20.3 Å². The molecule has 0 spiro atoms. The van der Waals surface area contributed by atoms with Crippen LogP contribution < -0.4 is 0 Å². The Kier molecular flexibility index (Phi) is 9.27. The molecule has 0 aliphatic rings. The molecule has 0 fully saturated rings. The van der Waals surface area contributed by atoms with Crippen molar-refractivity contribution < 1.29 is 35.3 Å². The van der Waals surface area contributed by atoms with Crippen LogP contribution in [-0.2, 0) is 35.3 Å². The maximum atomic E-state index is 10.5. The summed E-state index contributed by atoms with van der Waals surface area (Å²) in [5.74, 6) is 0. The number of ether oxygens (including phenoxy) is 2. The van der Waals surface area contributed by atoms with E-state index in [-0.39, 0.29) is 27.2 Å². The standard InChI is InChI=1S/C9H17O3.W/c1-8(2)12-7-9(3,5-10)6-11-4;/h8H,6-7H2,1-4H3;/q-1;. The Morgan fingerprint density at radius 1 is 1.38 bits per heavy atom. The molecule has 0 rings (SSSR count). The molecule has 0 aromatic carbocycles. The van der Waals surface area contributed by atoms with Gasteiger partial charge in [-0.1, -0.05) is 12.3 Å².